The van der Waals surface area contributed by atoms with Gasteiger partial charge in [-0.15, -0.1) is 0 Å². The number of ether oxygens (including phenoxy) is 2. The maximum Gasteiger partial charge on any atom is 0.277 e. The minimum absolute atomic E-state index is 0.128. The van der Waals surface area contributed by atoms with E-state index in [0.29, 0.717) is 5.75 Å². The predicted molar refractivity (Wildman–Crippen MR) is 116 cm³/mol. The van der Waals surface area contributed by atoms with Crippen molar-refractivity contribution in [2.24, 2.45) is 5.10 Å². The van der Waals surface area contributed by atoms with Crippen molar-refractivity contribution in [3.8, 4) is 22.6 Å². The Balaban J connectivity index is 1.52. The lowest BCUT2D eigenvalue weighted by molar-refractivity contribution is -0.123. The Hall–Kier alpha value is -3.86. The molecule has 0 unspecified atom stereocenters. The van der Waals surface area contributed by atoms with Crippen LogP contribution in [0.5, 0.6) is 11.5 Å². The number of benzene rings is 3. The van der Waals surface area contributed by atoms with Crippen LogP contribution in [0.3, 0.4) is 0 Å². The molecule has 0 fully saturated rings. The smallest absolute Gasteiger partial charge is 0.277 e. The number of carbonyl (C=O) groups is 1. The van der Waals surface area contributed by atoms with Crippen LogP contribution < -0.4 is 14.9 Å². The topological polar surface area (TPSA) is 59.9 Å². The lowest BCUT2D eigenvalue weighted by Crippen LogP contribution is -2.24. The first-order valence-corrected chi connectivity index (χ1v) is 9.17. The number of nitrogens with one attached hydrogen (secondary N) is 1. The molecule has 5 nitrogen and oxygen atoms in total. The summed E-state index contributed by atoms with van der Waals surface area (Å²) in [6.07, 6.45) is 5.08. The van der Waals surface area contributed by atoms with Gasteiger partial charge in [-0.05, 0) is 29.8 Å². The van der Waals surface area contributed by atoms with Gasteiger partial charge in [0.2, 0.25) is 0 Å². The van der Waals surface area contributed by atoms with Crippen molar-refractivity contribution in [1.29, 1.82) is 0 Å². The molecule has 0 aliphatic heterocycles. The van der Waals surface area contributed by atoms with Crippen LogP contribution >= 0.6 is 0 Å². The second kappa shape index (κ2) is 10.5. The average molecular weight is 386 g/mol. The molecule has 0 saturated carbocycles. The van der Waals surface area contributed by atoms with Crippen LogP contribution in [-0.4, -0.2) is 25.8 Å². The van der Waals surface area contributed by atoms with Gasteiger partial charge in [-0.2, -0.15) is 5.10 Å². The first-order valence-electron chi connectivity index (χ1n) is 9.17. The van der Waals surface area contributed by atoms with Crippen molar-refractivity contribution >= 4 is 18.2 Å². The Morgan fingerprint density at radius 1 is 0.931 bits per heavy atom. The third-order valence-electron chi connectivity index (χ3n) is 4.10. The molecular weight excluding hydrogens is 364 g/mol. The monoisotopic (exact) mass is 386 g/mol. The van der Waals surface area contributed by atoms with Crippen molar-refractivity contribution in [1.82, 2.24) is 5.43 Å². The first-order chi connectivity index (χ1) is 14.3. The molecule has 1 N–H and O–H groups in total. The minimum atomic E-state index is -0.338. The maximum atomic E-state index is 12.0. The van der Waals surface area contributed by atoms with Crippen molar-refractivity contribution < 1.29 is 14.3 Å². The quantitative estimate of drug-likeness (QED) is 0.456. The van der Waals surface area contributed by atoms with E-state index in [-0.39, 0.29) is 12.5 Å². The molecule has 5 heteroatoms. The molecule has 146 valence electrons. The van der Waals surface area contributed by atoms with E-state index in [1.807, 2.05) is 84.9 Å². The van der Waals surface area contributed by atoms with E-state index in [1.54, 1.807) is 13.2 Å². The zero-order valence-corrected chi connectivity index (χ0v) is 16.1. The fourth-order valence-corrected chi connectivity index (χ4v) is 2.73. The molecule has 0 bridgehead atoms. The summed E-state index contributed by atoms with van der Waals surface area (Å²) in [7, 11) is 1.62. The minimum Gasteiger partial charge on any atom is -0.496 e. The van der Waals surface area contributed by atoms with Crippen molar-refractivity contribution in [2.45, 2.75) is 0 Å². The number of allylic oxidation sites excluding steroid dienone is 1. The van der Waals surface area contributed by atoms with Crippen molar-refractivity contribution in [3.05, 3.63) is 90.5 Å². The third kappa shape index (κ3) is 5.81. The fraction of sp³-hybridized carbons (Fsp3) is 0.0833. The van der Waals surface area contributed by atoms with E-state index in [2.05, 4.69) is 10.5 Å². The molecule has 0 spiro atoms. The van der Waals surface area contributed by atoms with E-state index in [0.717, 1.165) is 22.4 Å². The number of nitrogens with zero attached hydrogens (tertiary/aromatic N) is 1. The molecule has 0 saturated heterocycles. The maximum absolute atomic E-state index is 12.0. The van der Waals surface area contributed by atoms with Crippen LogP contribution in [0, 0.1) is 0 Å². The van der Waals surface area contributed by atoms with Crippen LogP contribution in [0.4, 0.5) is 0 Å². The summed E-state index contributed by atoms with van der Waals surface area (Å²) in [6, 6.07) is 25.1. The Labute approximate surface area is 170 Å². The van der Waals surface area contributed by atoms with Crippen LogP contribution in [0.15, 0.2) is 90.0 Å². The summed E-state index contributed by atoms with van der Waals surface area (Å²) >= 11 is 0. The first kappa shape index (κ1) is 19.9. The Bertz CT molecular complexity index is 998. The summed E-state index contributed by atoms with van der Waals surface area (Å²) < 4.78 is 11.0. The number of methoxy groups -OCH3 is 1. The molecule has 0 radical (unpaired) electrons. The molecule has 3 aromatic rings. The number of carbonyl (C=O) groups excluding carboxylic acids is 1. The second-order valence-corrected chi connectivity index (χ2v) is 6.07. The summed E-state index contributed by atoms with van der Waals surface area (Å²) in [5.74, 6) is 1.08. The van der Waals surface area contributed by atoms with Crippen molar-refractivity contribution in [3.63, 3.8) is 0 Å². The molecule has 3 aromatic carbocycles. The van der Waals surface area contributed by atoms with Gasteiger partial charge < -0.3 is 9.47 Å². The zero-order chi connectivity index (χ0) is 20.3. The summed E-state index contributed by atoms with van der Waals surface area (Å²) in [4.78, 5) is 12.0. The SMILES string of the molecule is COc1ccccc1/C=C/C=N\NC(=O)COc1ccccc1-c1ccccc1. The number of hydrogen-bond acceptors (Lipinski definition) is 4. The van der Waals surface area contributed by atoms with Crippen LogP contribution in [0.25, 0.3) is 17.2 Å². The van der Waals surface area contributed by atoms with Gasteiger partial charge in [0.1, 0.15) is 11.5 Å². The summed E-state index contributed by atoms with van der Waals surface area (Å²) in [6.45, 7) is -0.128. The Morgan fingerprint density at radius 3 is 2.41 bits per heavy atom. The highest BCUT2D eigenvalue weighted by Crippen LogP contribution is 2.29. The van der Waals surface area contributed by atoms with Gasteiger partial charge >= 0.3 is 0 Å². The van der Waals surface area contributed by atoms with Crippen LogP contribution in [0.2, 0.25) is 0 Å². The van der Waals surface area contributed by atoms with Crippen LogP contribution in [-0.2, 0) is 4.79 Å². The molecule has 3 rings (SSSR count). The van der Waals surface area contributed by atoms with Gasteiger partial charge in [0, 0.05) is 17.3 Å². The lowest BCUT2D eigenvalue weighted by Gasteiger charge is -2.10. The van der Waals surface area contributed by atoms with E-state index < -0.39 is 0 Å². The highest BCUT2D eigenvalue weighted by molar-refractivity contribution is 5.82. The largest absolute Gasteiger partial charge is 0.496 e. The highest BCUT2D eigenvalue weighted by atomic mass is 16.5. The fourth-order valence-electron chi connectivity index (χ4n) is 2.73. The second-order valence-electron chi connectivity index (χ2n) is 6.07. The molecule has 0 aromatic heterocycles. The molecule has 1 amide bonds. The molecule has 0 aliphatic rings. The zero-order valence-electron chi connectivity index (χ0n) is 16.1. The molecule has 0 aliphatic carbocycles. The number of para-hydroxylation sites is 2. The van der Waals surface area contributed by atoms with Crippen LogP contribution in [0.1, 0.15) is 5.56 Å². The predicted octanol–water partition coefficient (Wildman–Crippen LogP) is 4.56. The number of hydrazone groups is 1. The molecule has 0 heterocycles. The highest BCUT2D eigenvalue weighted by Gasteiger charge is 2.07. The van der Waals surface area contributed by atoms with Gasteiger partial charge in [-0.3, -0.25) is 4.79 Å². The molecule has 0 atom stereocenters. The van der Waals surface area contributed by atoms with Gasteiger partial charge in [-0.1, -0.05) is 66.7 Å². The lowest BCUT2D eigenvalue weighted by atomic mass is 10.1. The van der Waals surface area contributed by atoms with E-state index in [1.165, 1.54) is 6.21 Å². The summed E-state index contributed by atoms with van der Waals surface area (Å²) in [5, 5.41) is 3.90. The molecule has 29 heavy (non-hydrogen) atoms. The Kier molecular flexibility index (Phi) is 7.18. The third-order valence-corrected chi connectivity index (χ3v) is 4.10. The normalized spacial score (nSPS) is 10.9. The molecular formula is C24H22N2O3. The van der Waals surface area contributed by atoms with Gasteiger partial charge in [-0.25, -0.2) is 5.43 Å². The standard InChI is InChI=1S/C24H22N2O3/c1-28-22-15-7-5-12-20(22)13-9-17-25-26-24(27)18-29-23-16-8-6-14-21(23)19-10-3-2-4-11-19/h2-17H,18H2,1H3,(H,26,27)/b13-9+,25-17-. The van der Waals surface area contributed by atoms with Crippen molar-refractivity contribution in [2.75, 3.05) is 13.7 Å². The Morgan fingerprint density at radius 2 is 1.62 bits per heavy atom. The summed E-state index contributed by atoms with van der Waals surface area (Å²) in [5.41, 5.74) is 5.34. The number of amides is 1. The average Bonchev–Trinajstić information content (AvgIpc) is 2.78. The van der Waals surface area contributed by atoms with E-state index in [9.17, 15) is 4.79 Å². The van der Waals surface area contributed by atoms with Gasteiger partial charge in [0.05, 0.1) is 7.11 Å². The van der Waals surface area contributed by atoms with Gasteiger partial charge in [0.25, 0.3) is 5.91 Å². The van der Waals surface area contributed by atoms with E-state index >= 15 is 0 Å². The number of rotatable bonds is 8. The van der Waals surface area contributed by atoms with E-state index in [4.69, 9.17) is 9.47 Å². The number of hydrogen-bond donors (Lipinski definition) is 1. The van der Waals surface area contributed by atoms with Gasteiger partial charge in [0.15, 0.2) is 6.61 Å².